The van der Waals surface area contributed by atoms with Crippen molar-refractivity contribution in [2.75, 3.05) is 29.9 Å². The largest absolute Gasteiger partial charge is 0.371 e. The van der Waals surface area contributed by atoms with Gasteiger partial charge < -0.3 is 15.5 Å². The molecule has 0 saturated carbocycles. The molecular weight excluding hydrogens is 314 g/mol. The number of rotatable bonds is 5. The van der Waals surface area contributed by atoms with Crippen molar-refractivity contribution in [3.63, 3.8) is 0 Å². The molecule has 25 heavy (non-hydrogen) atoms. The maximum Gasteiger partial charge on any atom is 0.313 e. The van der Waals surface area contributed by atoms with Crippen LogP contribution in [0.3, 0.4) is 0 Å². The minimum absolute atomic E-state index is 0.435. The monoisotopic (exact) mass is 337 g/mol. The standard InChI is InChI=1S/C20H23N3O2/c24-19(21-12-11-16-7-2-1-3-8-16)20(25)22-17-9-6-10-18(15-17)23-13-4-5-14-23/h1-3,6-10,15H,4-5,11-14H2,(H,21,24)(H,22,25). The van der Waals surface area contributed by atoms with E-state index in [1.54, 1.807) is 6.07 Å². The van der Waals surface area contributed by atoms with Crippen molar-refractivity contribution in [1.29, 1.82) is 0 Å². The molecule has 2 amide bonds. The van der Waals surface area contributed by atoms with Gasteiger partial charge in [-0.05, 0) is 43.0 Å². The molecule has 0 radical (unpaired) electrons. The molecule has 0 atom stereocenters. The number of amides is 2. The molecule has 5 heteroatoms. The zero-order valence-corrected chi connectivity index (χ0v) is 14.2. The summed E-state index contributed by atoms with van der Waals surface area (Å²) in [6.45, 7) is 2.51. The Morgan fingerprint density at radius 3 is 2.44 bits per heavy atom. The summed E-state index contributed by atoms with van der Waals surface area (Å²) in [6.07, 6.45) is 3.09. The smallest absolute Gasteiger partial charge is 0.313 e. The van der Waals surface area contributed by atoms with Crippen LogP contribution in [0.2, 0.25) is 0 Å². The number of benzene rings is 2. The van der Waals surface area contributed by atoms with E-state index in [0.29, 0.717) is 18.7 Å². The fraction of sp³-hybridized carbons (Fsp3) is 0.300. The van der Waals surface area contributed by atoms with Gasteiger partial charge in [0.25, 0.3) is 0 Å². The molecule has 130 valence electrons. The molecule has 0 bridgehead atoms. The van der Waals surface area contributed by atoms with Gasteiger partial charge in [0.15, 0.2) is 0 Å². The van der Waals surface area contributed by atoms with Crippen LogP contribution < -0.4 is 15.5 Å². The lowest BCUT2D eigenvalue weighted by molar-refractivity contribution is -0.136. The van der Waals surface area contributed by atoms with Crippen molar-refractivity contribution in [2.24, 2.45) is 0 Å². The zero-order chi connectivity index (χ0) is 17.5. The quantitative estimate of drug-likeness (QED) is 0.825. The van der Waals surface area contributed by atoms with Gasteiger partial charge in [-0.15, -0.1) is 0 Å². The first-order chi connectivity index (χ1) is 12.2. The summed E-state index contributed by atoms with van der Waals surface area (Å²) < 4.78 is 0. The van der Waals surface area contributed by atoms with E-state index in [1.165, 1.54) is 12.8 Å². The lowest BCUT2D eigenvalue weighted by atomic mass is 10.1. The maximum atomic E-state index is 12.1. The summed E-state index contributed by atoms with van der Waals surface area (Å²) in [5, 5.41) is 5.34. The Balaban J connectivity index is 1.49. The molecule has 0 spiro atoms. The van der Waals surface area contributed by atoms with Crippen LogP contribution in [0, 0.1) is 0 Å². The Labute approximate surface area is 148 Å². The van der Waals surface area contributed by atoms with Gasteiger partial charge in [-0.2, -0.15) is 0 Å². The topological polar surface area (TPSA) is 61.4 Å². The van der Waals surface area contributed by atoms with E-state index in [9.17, 15) is 9.59 Å². The third-order valence-electron chi connectivity index (χ3n) is 4.32. The Kier molecular flexibility index (Phi) is 5.67. The van der Waals surface area contributed by atoms with Crippen LogP contribution in [0.1, 0.15) is 18.4 Å². The van der Waals surface area contributed by atoms with E-state index < -0.39 is 11.8 Å². The Morgan fingerprint density at radius 1 is 0.920 bits per heavy atom. The van der Waals surface area contributed by atoms with Gasteiger partial charge >= 0.3 is 11.8 Å². The zero-order valence-electron chi connectivity index (χ0n) is 14.2. The van der Waals surface area contributed by atoms with Gasteiger partial charge in [0.05, 0.1) is 0 Å². The number of nitrogens with zero attached hydrogens (tertiary/aromatic N) is 1. The molecule has 1 saturated heterocycles. The van der Waals surface area contributed by atoms with E-state index in [4.69, 9.17) is 0 Å². The molecular formula is C20H23N3O2. The summed E-state index contributed by atoms with van der Waals surface area (Å²) in [5.41, 5.74) is 2.86. The molecule has 0 aliphatic carbocycles. The molecule has 2 N–H and O–H groups in total. The maximum absolute atomic E-state index is 12.1. The molecule has 1 aliphatic rings. The normalized spacial score (nSPS) is 13.5. The second-order valence-corrected chi connectivity index (χ2v) is 6.19. The number of anilines is 2. The average Bonchev–Trinajstić information content (AvgIpc) is 3.17. The van der Waals surface area contributed by atoms with Crippen molar-refractivity contribution in [1.82, 2.24) is 5.32 Å². The van der Waals surface area contributed by atoms with Crippen LogP contribution in [0.4, 0.5) is 11.4 Å². The van der Waals surface area contributed by atoms with Crippen LogP contribution in [0.25, 0.3) is 0 Å². The molecule has 2 aromatic carbocycles. The van der Waals surface area contributed by atoms with Crippen LogP contribution in [-0.2, 0) is 16.0 Å². The van der Waals surface area contributed by atoms with Crippen molar-refractivity contribution >= 4 is 23.2 Å². The van der Waals surface area contributed by atoms with Gasteiger partial charge in [0, 0.05) is 31.0 Å². The van der Waals surface area contributed by atoms with Gasteiger partial charge in [-0.1, -0.05) is 36.4 Å². The molecule has 2 aromatic rings. The van der Waals surface area contributed by atoms with Gasteiger partial charge in [-0.3, -0.25) is 9.59 Å². The van der Waals surface area contributed by atoms with Crippen LogP contribution in [0.5, 0.6) is 0 Å². The highest BCUT2D eigenvalue weighted by Gasteiger charge is 2.15. The van der Waals surface area contributed by atoms with Crippen LogP contribution >= 0.6 is 0 Å². The molecule has 5 nitrogen and oxygen atoms in total. The Morgan fingerprint density at radius 2 is 1.68 bits per heavy atom. The lowest BCUT2D eigenvalue weighted by Gasteiger charge is -2.18. The van der Waals surface area contributed by atoms with E-state index in [2.05, 4.69) is 15.5 Å². The fourth-order valence-electron chi connectivity index (χ4n) is 2.99. The highest BCUT2D eigenvalue weighted by atomic mass is 16.2. The van der Waals surface area contributed by atoms with E-state index in [0.717, 1.165) is 24.3 Å². The predicted octanol–water partition coefficient (Wildman–Crippen LogP) is 2.58. The average molecular weight is 337 g/mol. The minimum Gasteiger partial charge on any atom is -0.371 e. The van der Waals surface area contributed by atoms with Crippen LogP contribution in [-0.4, -0.2) is 31.4 Å². The molecule has 3 rings (SSSR count). The van der Waals surface area contributed by atoms with Crippen molar-refractivity contribution < 1.29 is 9.59 Å². The highest BCUT2D eigenvalue weighted by molar-refractivity contribution is 6.39. The first-order valence-corrected chi connectivity index (χ1v) is 8.70. The Hall–Kier alpha value is -2.82. The predicted molar refractivity (Wildman–Crippen MR) is 99.7 cm³/mol. The highest BCUT2D eigenvalue weighted by Crippen LogP contribution is 2.23. The summed E-state index contributed by atoms with van der Waals surface area (Å²) in [7, 11) is 0. The first kappa shape index (κ1) is 17.0. The molecule has 1 aliphatic heterocycles. The first-order valence-electron chi connectivity index (χ1n) is 8.70. The van der Waals surface area contributed by atoms with Crippen molar-refractivity contribution in [3.05, 3.63) is 60.2 Å². The number of carbonyl (C=O) groups excluding carboxylic acids is 2. The summed E-state index contributed by atoms with van der Waals surface area (Å²) in [6, 6.07) is 17.5. The second kappa shape index (κ2) is 8.33. The Bertz CT molecular complexity index is 725. The molecule has 1 fully saturated rings. The van der Waals surface area contributed by atoms with Gasteiger partial charge in [0.1, 0.15) is 0 Å². The summed E-state index contributed by atoms with van der Waals surface area (Å²) in [4.78, 5) is 26.3. The summed E-state index contributed by atoms with van der Waals surface area (Å²) in [5.74, 6) is -1.24. The van der Waals surface area contributed by atoms with E-state index >= 15 is 0 Å². The van der Waals surface area contributed by atoms with E-state index in [-0.39, 0.29) is 0 Å². The summed E-state index contributed by atoms with van der Waals surface area (Å²) >= 11 is 0. The van der Waals surface area contributed by atoms with Crippen molar-refractivity contribution in [3.8, 4) is 0 Å². The number of nitrogens with one attached hydrogen (secondary N) is 2. The fourth-order valence-corrected chi connectivity index (χ4v) is 2.99. The SMILES string of the molecule is O=C(NCCc1ccccc1)C(=O)Nc1cccc(N2CCCC2)c1. The van der Waals surface area contributed by atoms with Gasteiger partial charge in [0.2, 0.25) is 0 Å². The second-order valence-electron chi connectivity index (χ2n) is 6.19. The van der Waals surface area contributed by atoms with Crippen molar-refractivity contribution in [2.45, 2.75) is 19.3 Å². The third kappa shape index (κ3) is 4.83. The molecule has 0 aromatic heterocycles. The lowest BCUT2D eigenvalue weighted by Crippen LogP contribution is -2.36. The molecule has 1 heterocycles. The number of hydrogen-bond donors (Lipinski definition) is 2. The minimum atomic E-state index is -0.633. The number of carbonyl (C=O) groups is 2. The van der Waals surface area contributed by atoms with E-state index in [1.807, 2.05) is 48.5 Å². The third-order valence-corrected chi connectivity index (χ3v) is 4.32. The number of hydrogen-bond acceptors (Lipinski definition) is 3. The van der Waals surface area contributed by atoms with Crippen LogP contribution in [0.15, 0.2) is 54.6 Å². The molecule has 0 unspecified atom stereocenters. The van der Waals surface area contributed by atoms with Gasteiger partial charge in [-0.25, -0.2) is 0 Å².